The number of benzene rings is 1. The molecule has 1 aromatic carbocycles. The number of anilines is 1. The Morgan fingerprint density at radius 3 is 2.53 bits per heavy atom. The lowest BCUT2D eigenvalue weighted by atomic mass is 10.3. The molecule has 3 N–H and O–H groups in total. The lowest BCUT2D eigenvalue weighted by Gasteiger charge is -2.11. The van der Waals surface area contributed by atoms with Crippen molar-refractivity contribution in [1.82, 2.24) is 5.32 Å². The fourth-order valence-electron chi connectivity index (χ4n) is 1.01. The van der Waals surface area contributed by atoms with Crippen molar-refractivity contribution in [3.63, 3.8) is 0 Å². The predicted molar refractivity (Wildman–Crippen MR) is 65.7 cm³/mol. The quantitative estimate of drug-likeness (QED) is 0.794. The molecule has 1 atom stereocenters. The summed E-state index contributed by atoms with van der Waals surface area (Å²) in [6, 6.07) is 2.92. The molecule has 0 radical (unpaired) electrons. The number of aliphatic carboxylic acids is 1. The normalized spacial score (nSPS) is 11.7. The van der Waals surface area contributed by atoms with Crippen molar-refractivity contribution in [1.29, 1.82) is 0 Å². The molecule has 7 heteroatoms. The van der Waals surface area contributed by atoms with Crippen LogP contribution in [0.2, 0.25) is 10.0 Å². The minimum atomic E-state index is -1.12. The van der Waals surface area contributed by atoms with Gasteiger partial charge in [-0.3, -0.25) is 4.79 Å². The Hall–Kier alpha value is -1.46. The van der Waals surface area contributed by atoms with Gasteiger partial charge >= 0.3 is 12.0 Å². The summed E-state index contributed by atoms with van der Waals surface area (Å²) in [5.41, 5.74) is 0.353. The third kappa shape index (κ3) is 4.13. The van der Waals surface area contributed by atoms with E-state index in [-0.39, 0.29) is 5.02 Å². The number of carboxylic acids is 1. The molecule has 0 saturated carbocycles. The summed E-state index contributed by atoms with van der Waals surface area (Å²) in [7, 11) is 0. The van der Waals surface area contributed by atoms with Crippen molar-refractivity contribution in [2.24, 2.45) is 0 Å². The van der Waals surface area contributed by atoms with Crippen molar-refractivity contribution in [3.8, 4) is 0 Å². The van der Waals surface area contributed by atoms with Crippen molar-refractivity contribution in [2.75, 3.05) is 5.32 Å². The van der Waals surface area contributed by atoms with Crippen LogP contribution in [0.3, 0.4) is 0 Å². The van der Waals surface area contributed by atoms with Crippen LogP contribution >= 0.6 is 23.2 Å². The molecule has 1 aromatic rings. The van der Waals surface area contributed by atoms with Gasteiger partial charge in [-0.25, -0.2) is 4.79 Å². The molecule has 17 heavy (non-hydrogen) atoms. The zero-order chi connectivity index (χ0) is 13.0. The van der Waals surface area contributed by atoms with Gasteiger partial charge in [0.2, 0.25) is 0 Å². The van der Waals surface area contributed by atoms with E-state index in [2.05, 4.69) is 10.6 Å². The van der Waals surface area contributed by atoms with Gasteiger partial charge in [-0.1, -0.05) is 23.2 Å². The summed E-state index contributed by atoms with van der Waals surface area (Å²) < 4.78 is 0. The summed E-state index contributed by atoms with van der Waals surface area (Å²) in [5.74, 6) is -1.12. The van der Waals surface area contributed by atoms with Gasteiger partial charge in [-0.15, -0.1) is 0 Å². The average Bonchev–Trinajstić information content (AvgIpc) is 2.22. The van der Waals surface area contributed by atoms with Crippen molar-refractivity contribution in [3.05, 3.63) is 28.2 Å². The van der Waals surface area contributed by atoms with Crippen molar-refractivity contribution < 1.29 is 14.7 Å². The second-order valence-corrected chi connectivity index (χ2v) is 4.13. The van der Waals surface area contributed by atoms with Gasteiger partial charge in [-0.05, 0) is 25.1 Å². The number of carboxylic acid groups (broad SMARTS) is 1. The maximum atomic E-state index is 11.4. The minimum Gasteiger partial charge on any atom is -0.480 e. The Labute approximate surface area is 108 Å². The smallest absolute Gasteiger partial charge is 0.325 e. The van der Waals surface area contributed by atoms with Gasteiger partial charge in [-0.2, -0.15) is 0 Å². The lowest BCUT2D eigenvalue weighted by Crippen LogP contribution is -2.40. The summed E-state index contributed by atoms with van der Waals surface area (Å²) in [6.45, 7) is 1.35. The number of rotatable bonds is 3. The Morgan fingerprint density at radius 2 is 2.00 bits per heavy atom. The van der Waals surface area contributed by atoms with Crippen LogP contribution in [0.4, 0.5) is 10.5 Å². The van der Waals surface area contributed by atoms with E-state index in [4.69, 9.17) is 28.3 Å². The van der Waals surface area contributed by atoms with E-state index in [1.807, 2.05) is 0 Å². The molecule has 1 rings (SSSR count). The molecule has 0 spiro atoms. The van der Waals surface area contributed by atoms with E-state index in [1.165, 1.54) is 19.1 Å². The number of amides is 2. The monoisotopic (exact) mass is 276 g/mol. The molecule has 5 nitrogen and oxygen atoms in total. The lowest BCUT2D eigenvalue weighted by molar-refractivity contribution is -0.138. The Bertz CT molecular complexity index is 451. The predicted octanol–water partition coefficient (Wildman–Crippen LogP) is 2.59. The number of hydrogen-bond acceptors (Lipinski definition) is 2. The fourth-order valence-corrected chi connectivity index (χ4v) is 1.46. The van der Waals surface area contributed by atoms with Crippen molar-refractivity contribution in [2.45, 2.75) is 13.0 Å². The van der Waals surface area contributed by atoms with Gasteiger partial charge in [0.25, 0.3) is 0 Å². The van der Waals surface area contributed by atoms with Gasteiger partial charge in [0, 0.05) is 5.02 Å². The molecule has 0 aliphatic heterocycles. The van der Waals surface area contributed by atoms with E-state index in [1.54, 1.807) is 6.07 Å². The van der Waals surface area contributed by atoms with E-state index in [0.29, 0.717) is 10.7 Å². The highest BCUT2D eigenvalue weighted by molar-refractivity contribution is 6.36. The van der Waals surface area contributed by atoms with E-state index >= 15 is 0 Å². The van der Waals surface area contributed by atoms with Gasteiger partial charge in [0.15, 0.2) is 0 Å². The largest absolute Gasteiger partial charge is 0.480 e. The van der Waals surface area contributed by atoms with Crippen LogP contribution < -0.4 is 10.6 Å². The molecule has 0 fully saturated rings. The summed E-state index contributed by atoms with van der Waals surface area (Å²) >= 11 is 11.5. The Morgan fingerprint density at radius 1 is 1.35 bits per heavy atom. The number of hydrogen-bond donors (Lipinski definition) is 3. The first-order valence-corrected chi connectivity index (χ1v) is 5.41. The maximum absolute atomic E-state index is 11.4. The first-order chi connectivity index (χ1) is 7.90. The first kappa shape index (κ1) is 13.6. The van der Waals surface area contributed by atoms with Crippen LogP contribution in [0.25, 0.3) is 0 Å². The van der Waals surface area contributed by atoms with Gasteiger partial charge < -0.3 is 15.7 Å². The van der Waals surface area contributed by atoms with Crippen molar-refractivity contribution >= 4 is 40.9 Å². The third-order valence-corrected chi connectivity index (χ3v) is 2.45. The van der Waals surface area contributed by atoms with Gasteiger partial charge in [0.05, 0.1) is 10.7 Å². The zero-order valence-corrected chi connectivity index (χ0v) is 10.3. The number of carbonyl (C=O) groups excluding carboxylic acids is 1. The fraction of sp³-hybridized carbons (Fsp3) is 0.200. The summed E-state index contributed by atoms with van der Waals surface area (Å²) in [6.07, 6.45) is 0. The molecular formula is C10H10Cl2N2O3. The van der Waals surface area contributed by atoms with E-state index in [9.17, 15) is 9.59 Å². The first-order valence-electron chi connectivity index (χ1n) is 4.65. The number of halogens is 2. The van der Waals surface area contributed by atoms with E-state index < -0.39 is 18.0 Å². The number of urea groups is 1. The average molecular weight is 277 g/mol. The second-order valence-electron chi connectivity index (χ2n) is 3.28. The topological polar surface area (TPSA) is 78.4 Å². The minimum absolute atomic E-state index is 0.274. The molecule has 0 aliphatic rings. The highest BCUT2D eigenvalue weighted by atomic mass is 35.5. The third-order valence-electron chi connectivity index (χ3n) is 1.90. The second kappa shape index (κ2) is 5.75. The maximum Gasteiger partial charge on any atom is 0.325 e. The molecule has 0 saturated heterocycles. The molecule has 0 aromatic heterocycles. The highest BCUT2D eigenvalue weighted by Gasteiger charge is 2.14. The van der Waals surface area contributed by atoms with Crippen LogP contribution in [0.1, 0.15) is 6.92 Å². The highest BCUT2D eigenvalue weighted by Crippen LogP contribution is 2.25. The summed E-state index contributed by atoms with van der Waals surface area (Å²) in [5, 5.41) is 14.0. The van der Waals surface area contributed by atoms with Crippen LogP contribution in [0.5, 0.6) is 0 Å². The van der Waals surface area contributed by atoms with Gasteiger partial charge in [0.1, 0.15) is 6.04 Å². The molecule has 0 heterocycles. The molecule has 0 aliphatic carbocycles. The number of nitrogens with one attached hydrogen (secondary N) is 2. The van der Waals surface area contributed by atoms with E-state index in [0.717, 1.165) is 0 Å². The molecule has 92 valence electrons. The molecule has 2 amide bonds. The summed E-state index contributed by atoms with van der Waals surface area (Å²) in [4.78, 5) is 21.9. The van der Waals surface area contributed by atoms with Crippen LogP contribution in [-0.4, -0.2) is 23.1 Å². The van der Waals surface area contributed by atoms with Crippen LogP contribution in [0.15, 0.2) is 18.2 Å². The Kier molecular flexibility index (Phi) is 4.60. The number of carbonyl (C=O) groups is 2. The Balaban J connectivity index is 2.65. The molecule has 0 unspecified atom stereocenters. The zero-order valence-electron chi connectivity index (χ0n) is 8.83. The standard InChI is InChI=1S/C10H10Cl2N2O3/c1-5(9(15)16)13-10(17)14-8-3-2-6(11)4-7(8)12/h2-5H,1H3,(H,15,16)(H2,13,14,17)/t5-/m0/s1. The molecule has 0 bridgehead atoms. The van der Waals surface area contributed by atoms with Crippen LogP contribution in [-0.2, 0) is 4.79 Å². The molecular weight excluding hydrogens is 267 g/mol. The van der Waals surface area contributed by atoms with Crippen LogP contribution in [0, 0.1) is 0 Å². The SMILES string of the molecule is C[C@H](NC(=O)Nc1ccc(Cl)cc1Cl)C(=O)O.